The van der Waals surface area contributed by atoms with Crippen molar-refractivity contribution in [2.45, 2.75) is 13.3 Å². The Balaban J connectivity index is 1.79. The topological polar surface area (TPSA) is 79.3 Å². The number of aromatic nitrogens is 2. The van der Waals surface area contributed by atoms with Crippen LogP contribution in [0.5, 0.6) is 0 Å². The van der Waals surface area contributed by atoms with Crippen LogP contribution in [0.1, 0.15) is 18.1 Å². The van der Waals surface area contributed by atoms with Crippen LogP contribution in [0.4, 0.5) is 11.6 Å². The van der Waals surface area contributed by atoms with Crippen LogP contribution in [0.2, 0.25) is 0 Å². The van der Waals surface area contributed by atoms with Crippen molar-refractivity contribution < 1.29 is 4.79 Å². The fourth-order valence-electron chi connectivity index (χ4n) is 2.01. The normalized spacial score (nSPS) is 13.8. The highest BCUT2D eigenvalue weighted by Crippen LogP contribution is 2.24. The quantitative estimate of drug-likeness (QED) is 0.656. The van der Waals surface area contributed by atoms with E-state index >= 15 is 0 Å². The Kier molecular flexibility index (Phi) is 3.12. The molecule has 1 amide bonds. The molecule has 20 heavy (non-hydrogen) atoms. The van der Waals surface area contributed by atoms with E-state index in [1.54, 1.807) is 18.5 Å². The van der Waals surface area contributed by atoms with Gasteiger partial charge in [0.2, 0.25) is 11.9 Å². The monoisotopic (exact) mass is 267 g/mol. The predicted molar refractivity (Wildman–Crippen MR) is 76.6 cm³/mol. The van der Waals surface area contributed by atoms with Gasteiger partial charge in [-0.2, -0.15) is 5.10 Å². The van der Waals surface area contributed by atoms with Crippen LogP contribution in [0.3, 0.4) is 0 Å². The molecule has 6 heteroatoms. The summed E-state index contributed by atoms with van der Waals surface area (Å²) >= 11 is 0. The zero-order valence-corrected chi connectivity index (χ0v) is 10.9. The molecule has 6 nitrogen and oxygen atoms in total. The number of fused-ring (bicyclic) bond motifs is 1. The van der Waals surface area contributed by atoms with E-state index in [1.807, 2.05) is 25.1 Å². The fourth-order valence-corrected chi connectivity index (χ4v) is 2.01. The smallest absolute Gasteiger partial charge is 0.243 e. The van der Waals surface area contributed by atoms with Crippen LogP contribution in [0.25, 0.3) is 0 Å². The van der Waals surface area contributed by atoms with Crippen LogP contribution in [-0.4, -0.2) is 21.6 Å². The standard InChI is InChI=1S/C14H13N5O/c1-9(18-19-14-15-5-2-6-16-14)10-3-4-12-11(7-10)8-13(20)17-12/h2-7H,8H2,1H3,(H,17,20)(H,15,16,19). The van der Waals surface area contributed by atoms with E-state index in [-0.39, 0.29) is 5.91 Å². The summed E-state index contributed by atoms with van der Waals surface area (Å²) in [6.07, 6.45) is 3.71. The number of hydrogen-bond acceptors (Lipinski definition) is 5. The summed E-state index contributed by atoms with van der Waals surface area (Å²) in [7, 11) is 0. The Labute approximate surface area is 116 Å². The average Bonchev–Trinajstić information content (AvgIpc) is 2.85. The van der Waals surface area contributed by atoms with Crippen LogP contribution >= 0.6 is 0 Å². The number of carbonyl (C=O) groups is 1. The molecule has 1 aliphatic rings. The molecule has 0 bridgehead atoms. The summed E-state index contributed by atoms with van der Waals surface area (Å²) < 4.78 is 0. The number of nitrogens with one attached hydrogen (secondary N) is 2. The Morgan fingerprint density at radius 2 is 2.15 bits per heavy atom. The number of hydrogen-bond donors (Lipinski definition) is 2. The minimum absolute atomic E-state index is 0.0301. The molecule has 2 aromatic rings. The molecule has 2 heterocycles. The lowest BCUT2D eigenvalue weighted by Gasteiger charge is -2.04. The SMILES string of the molecule is CC(=NNc1ncccn1)c1ccc2c(c1)CC(=O)N2. The number of benzene rings is 1. The molecule has 0 aliphatic carbocycles. The molecule has 0 spiro atoms. The lowest BCUT2D eigenvalue weighted by Crippen LogP contribution is -2.03. The Morgan fingerprint density at radius 3 is 2.95 bits per heavy atom. The highest BCUT2D eigenvalue weighted by molar-refractivity contribution is 6.03. The Morgan fingerprint density at radius 1 is 1.35 bits per heavy atom. The maximum absolute atomic E-state index is 11.3. The summed E-state index contributed by atoms with van der Waals surface area (Å²) in [5.41, 5.74) is 6.45. The van der Waals surface area contributed by atoms with Gasteiger partial charge in [0.25, 0.3) is 0 Å². The second-order valence-corrected chi connectivity index (χ2v) is 4.48. The van der Waals surface area contributed by atoms with Gasteiger partial charge >= 0.3 is 0 Å². The van der Waals surface area contributed by atoms with Crippen molar-refractivity contribution in [1.29, 1.82) is 0 Å². The molecule has 0 fully saturated rings. The van der Waals surface area contributed by atoms with Crippen molar-refractivity contribution in [3.63, 3.8) is 0 Å². The van der Waals surface area contributed by atoms with Gasteiger partial charge in [-0.15, -0.1) is 0 Å². The van der Waals surface area contributed by atoms with Gasteiger partial charge < -0.3 is 5.32 Å². The molecule has 0 saturated heterocycles. The lowest BCUT2D eigenvalue weighted by atomic mass is 10.1. The number of anilines is 2. The molecule has 1 aliphatic heterocycles. The zero-order valence-electron chi connectivity index (χ0n) is 10.9. The minimum atomic E-state index is 0.0301. The molecule has 3 rings (SSSR count). The Bertz CT molecular complexity index is 681. The van der Waals surface area contributed by atoms with Crippen molar-refractivity contribution >= 4 is 23.3 Å². The third kappa shape index (κ3) is 2.49. The van der Waals surface area contributed by atoms with Crippen molar-refractivity contribution in [3.05, 3.63) is 47.8 Å². The van der Waals surface area contributed by atoms with Crippen LogP contribution in [-0.2, 0) is 11.2 Å². The van der Waals surface area contributed by atoms with Gasteiger partial charge in [-0.3, -0.25) is 4.79 Å². The fraction of sp³-hybridized carbons (Fsp3) is 0.143. The molecule has 0 unspecified atom stereocenters. The van der Waals surface area contributed by atoms with Gasteiger partial charge in [-0.05, 0) is 36.2 Å². The lowest BCUT2D eigenvalue weighted by molar-refractivity contribution is -0.115. The first-order chi connectivity index (χ1) is 9.72. The van der Waals surface area contributed by atoms with Crippen molar-refractivity contribution in [2.75, 3.05) is 10.7 Å². The predicted octanol–water partition coefficient (Wildman–Crippen LogP) is 1.81. The number of nitrogens with zero attached hydrogens (tertiary/aromatic N) is 3. The number of amides is 1. The molecule has 0 radical (unpaired) electrons. The molecular weight excluding hydrogens is 254 g/mol. The van der Waals surface area contributed by atoms with E-state index in [9.17, 15) is 4.79 Å². The van der Waals surface area contributed by atoms with E-state index in [1.165, 1.54) is 0 Å². The molecule has 1 aromatic heterocycles. The maximum Gasteiger partial charge on any atom is 0.243 e. The zero-order chi connectivity index (χ0) is 13.9. The molecule has 0 atom stereocenters. The Hall–Kier alpha value is -2.76. The van der Waals surface area contributed by atoms with Gasteiger partial charge in [0.15, 0.2) is 0 Å². The first-order valence-corrected chi connectivity index (χ1v) is 6.23. The van der Waals surface area contributed by atoms with E-state index in [0.717, 1.165) is 22.5 Å². The highest BCUT2D eigenvalue weighted by Gasteiger charge is 2.17. The van der Waals surface area contributed by atoms with Crippen molar-refractivity contribution in [3.8, 4) is 0 Å². The summed E-state index contributed by atoms with van der Waals surface area (Å²) in [6, 6.07) is 7.54. The molecule has 100 valence electrons. The van der Waals surface area contributed by atoms with Gasteiger partial charge in [0, 0.05) is 18.1 Å². The summed E-state index contributed by atoms with van der Waals surface area (Å²) in [6.45, 7) is 1.89. The second kappa shape index (κ2) is 5.08. The van der Waals surface area contributed by atoms with Crippen molar-refractivity contribution in [2.24, 2.45) is 5.10 Å². The number of rotatable bonds is 3. The van der Waals surface area contributed by atoms with E-state index in [0.29, 0.717) is 12.4 Å². The van der Waals surface area contributed by atoms with Crippen LogP contribution < -0.4 is 10.7 Å². The largest absolute Gasteiger partial charge is 0.326 e. The van der Waals surface area contributed by atoms with E-state index in [2.05, 4.69) is 25.8 Å². The molecule has 2 N–H and O–H groups in total. The number of carbonyl (C=O) groups excluding carboxylic acids is 1. The third-order valence-corrected chi connectivity index (χ3v) is 3.04. The second-order valence-electron chi connectivity index (χ2n) is 4.48. The van der Waals surface area contributed by atoms with Crippen molar-refractivity contribution in [1.82, 2.24) is 9.97 Å². The van der Waals surface area contributed by atoms with E-state index < -0.39 is 0 Å². The summed E-state index contributed by atoms with van der Waals surface area (Å²) in [5.74, 6) is 0.479. The van der Waals surface area contributed by atoms with Crippen LogP contribution in [0, 0.1) is 0 Å². The molecule has 1 aromatic carbocycles. The summed E-state index contributed by atoms with van der Waals surface area (Å²) in [4.78, 5) is 19.4. The van der Waals surface area contributed by atoms with E-state index in [4.69, 9.17) is 0 Å². The first-order valence-electron chi connectivity index (χ1n) is 6.23. The first kappa shape index (κ1) is 12.3. The maximum atomic E-state index is 11.3. The highest BCUT2D eigenvalue weighted by atomic mass is 16.1. The number of hydrazone groups is 1. The van der Waals surface area contributed by atoms with Crippen LogP contribution in [0.15, 0.2) is 41.8 Å². The van der Waals surface area contributed by atoms with Gasteiger partial charge in [0.1, 0.15) is 0 Å². The third-order valence-electron chi connectivity index (χ3n) is 3.04. The molecular formula is C14H13N5O. The molecule has 0 saturated carbocycles. The summed E-state index contributed by atoms with van der Waals surface area (Å²) in [5, 5.41) is 7.05. The van der Waals surface area contributed by atoms with Gasteiger partial charge in [0.05, 0.1) is 12.1 Å². The van der Waals surface area contributed by atoms with Gasteiger partial charge in [-0.1, -0.05) is 6.07 Å². The minimum Gasteiger partial charge on any atom is -0.326 e. The van der Waals surface area contributed by atoms with Gasteiger partial charge in [-0.25, -0.2) is 15.4 Å². The average molecular weight is 267 g/mol.